The third-order valence-electron chi connectivity index (χ3n) is 9.33. The number of aromatic nitrogens is 2. The highest BCUT2D eigenvalue weighted by atomic mass is 15.1. The molecule has 0 N–H and O–H groups in total. The van der Waals surface area contributed by atoms with E-state index >= 15 is 0 Å². The highest BCUT2D eigenvalue weighted by Gasteiger charge is 2.43. The van der Waals surface area contributed by atoms with Gasteiger partial charge in [-0.1, -0.05) is 135 Å². The zero-order chi connectivity index (χ0) is 29.1. The second kappa shape index (κ2) is 8.47. The van der Waals surface area contributed by atoms with E-state index in [1.54, 1.807) is 0 Å². The first-order chi connectivity index (χ1) is 19.2. The van der Waals surface area contributed by atoms with Crippen LogP contribution < -0.4 is 16.4 Å². The van der Waals surface area contributed by atoms with E-state index in [0.29, 0.717) is 0 Å². The Kier molecular flexibility index (Phi) is 5.44. The van der Waals surface area contributed by atoms with E-state index in [1.165, 1.54) is 55.4 Å². The highest BCUT2D eigenvalue weighted by molar-refractivity contribution is 6.98. The normalized spacial score (nSPS) is 16.1. The van der Waals surface area contributed by atoms with Gasteiger partial charge < -0.3 is 0 Å². The van der Waals surface area contributed by atoms with Crippen LogP contribution in [0.1, 0.15) is 102 Å². The highest BCUT2D eigenvalue weighted by Crippen LogP contribution is 2.40. The molecular formula is C38H41BN2. The maximum absolute atomic E-state index is 5.26. The van der Waals surface area contributed by atoms with E-state index in [0.717, 1.165) is 11.3 Å². The third-order valence-corrected chi connectivity index (χ3v) is 9.33. The van der Waals surface area contributed by atoms with Gasteiger partial charge in [-0.3, -0.25) is 4.57 Å². The van der Waals surface area contributed by atoms with E-state index in [-0.39, 0.29) is 28.9 Å². The molecule has 206 valence electrons. The van der Waals surface area contributed by atoms with Crippen LogP contribution in [0.3, 0.4) is 0 Å². The van der Waals surface area contributed by atoms with E-state index in [9.17, 15) is 0 Å². The number of rotatable bonds is 1. The Balaban J connectivity index is 1.58. The number of fused-ring (bicyclic) bond motifs is 4. The number of benzene rings is 4. The maximum Gasteiger partial charge on any atom is 0.247 e. The number of hydrogen-bond donors (Lipinski definition) is 0. The van der Waals surface area contributed by atoms with Crippen LogP contribution in [0.25, 0.3) is 16.7 Å². The van der Waals surface area contributed by atoms with Crippen molar-refractivity contribution in [2.45, 2.75) is 84.5 Å². The number of para-hydroxylation sites is 1. The summed E-state index contributed by atoms with van der Waals surface area (Å²) in [6.45, 7) is 20.9. The molecule has 0 fully saturated rings. The van der Waals surface area contributed by atoms with Crippen LogP contribution in [0.4, 0.5) is 0 Å². The van der Waals surface area contributed by atoms with E-state index in [4.69, 9.17) is 4.98 Å². The van der Waals surface area contributed by atoms with Gasteiger partial charge in [0.05, 0.1) is 11.0 Å². The molecule has 1 unspecified atom stereocenters. The van der Waals surface area contributed by atoms with Gasteiger partial charge in [-0.15, -0.1) is 0 Å². The molecule has 2 nitrogen and oxygen atoms in total. The van der Waals surface area contributed by atoms with Crippen LogP contribution >= 0.6 is 0 Å². The average molecular weight is 537 g/mol. The van der Waals surface area contributed by atoms with Gasteiger partial charge in [0.1, 0.15) is 5.82 Å². The monoisotopic (exact) mass is 536 g/mol. The standard InChI is InChI=1S/C38H41BN2/c1-36(2,3)24-18-16-23(17-19-24)32-26-21-20-25(37(4,5)6)22-29(26)39-28-13-11-14-30-34(28)41(35(40-30)38(7,8)9)31-15-10-12-27(32)33(31)39/h10-22,32H,1-9H3. The molecule has 0 aliphatic carbocycles. The van der Waals surface area contributed by atoms with Crippen molar-refractivity contribution < 1.29 is 0 Å². The van der Waals surface area contributed by atoms with Crippen LogP contribution in [-0.2, 0) is 16.2 Å². The molecule has 41 heavy (non-hydrogen) atoms. The third kappa shape index (κ3) is 3.88. The number of hydrogen-bond acceptors (Lipinski definition) is 1. The molecule has 3 heteroatoms. The first-order valence-electron chi connectivity index (χ1n) is 15.1. The van der Waals surface area contributed by atoms with Gasteiger partial charge in [-0.05, 0) is 61.7 Å². The molecule has 0 bridgehead atoms. The molecule has 2 aliphatic heterocycles. The van der Waals surface area contributed by atoms with Crippen LogP contribution in [0.5, 0.6) is 0 Å². The second-order valence-electron chi connectivity index (χ2n) is 15.3. The number of imidazole rings is 1. The lowest BCUT2D eigenvalue weighted by Gasteiger charge is -2.39. The topological polar surface area (TPSA) is 17.8 Å². The van der Waals surface area contributed by atoms with Gasteiger partial charge in [0.15, 0.2) is 0 Å². The minimum absolute atomic E-state index is 0.0700. The molecule has 1 aromatic heterocycles. The van der Waals surface area contributed by atoms with Gasteiger partial charge in [0, 0.05) is 17.0 Å². The molecule has 0 amide bonds. The van der Waals surface area contributed by atoms with Crippen molar-refractivity contribution in [2.24, 2.45) is 0 Å². The first kappa shape index (κ1) is 26.3. The molecular weight excluding hydrogens is 495 g/mol. The smallest absolute Gasteiger partial charge is 0.247 e. The van der Waals surface area contributed by atoms with Gasteiger partial charge >= 0.3 is 0 Å². The zero-order valence-electron chi connectivity index (χ0n) is 26.1. The molecule has 0 saturated heterocycles. The van der Waals surface area contributed by atoms with Crippen LogP contribution in [0, 0.1) is 0 Å². The van der Waals surface area contributed by atoms with Crippen LogP contribution in [0.15, 0.2) is 78.9 Å². The Bertz CT molecular complexity index is 1840. The number of nitrogens with zero attached hydrogens (tertiary/aromatic N) is 2. The molecule has 3 heterocycles. The quantitative estimate of drug-likeness (QED) is 0.202. The Morgan fingerprint density at radius 2 is 1.29 bits per heavy atom. The lowest BCUT2D eigenvalue weighted by molar-refractivity contribution is 0.539. The molecule has 5 aromatic rings. The summed E-state index contributed by atoms with van der Waals surface area (Å²) in [5, 5.41) is 0. The lowest BCUT2D eigenvalue weighted by Crippen LogP contribution is -2.61. The summed E-state index contributed by atoms with van der Waals surface area (Å²) < 4.78 is 2.48. The molecule has 1 atom stereocenters. The molecule has 4 aromatic carbocycles. The molecule has 0 spiro atoms. The Hall–Kier alpha value is -3.59. The lowest BCUT2D eigenvalue weighted by atomic mass is 9.31. The Morgan fingerprint density at radius 1 is 0.634 bits per heavy atom. The van der Waals surface area contributed by atoms with Gasteiger partial charge in [0.2, 0.25) is 6.71 Å². The predicted octanol–water partition coefficient (Wildman–Crippen LogP) is 7.24. The fourth-order valence-electron chi connectivity index (χ4n) is 7.19. The average Bonchev–Trinajstić information content (AvgIpc) is 3.31. The summed E-state index contributed by atoms with van der Waals surface area (Å²) in [5.41, 5.74) is 15.0. The summed E-state index contributed by atoms with van der Waals surface area (Å²) in [6, 6.07) is 30.5. The van der Waals surface area contributed by atoms with Crippen molar-refractivity contribution in [3.63, 3.8) is 0 Å². The van der Waals surface area contributed by atoms with Crippen LogP contribution in [-0.4, -0.2) is 16.3 Å². The summed E-state index contributed by atoms with van der Waals surface area (Å²) >= 11 is 0. The Morgan fingerprint density at radius 3 is 1.95 bits per heavy atom. The zero-order valence-corrected chi connectivity index (χ0v) is 26.1. The van der Waals surface area contributed by atoms with Crippen LogP contribution in [0.2, 0.25) is 0 Å². The van der Waals surface area contributed by atoms with Gasteiger partial charge in [-0.2, -0.15) is 0 Å². The molecule has 0 saturated carbocycles. The Labute approximate surface area is 245 Å². The SMILES string of the molecule is CC(C)(C)c1ccc(C2c3ccc(C(C)(C)C)cc3B3c4c2cccc4-n2c(C(C)(C)C)nc4cccc3c42)cc1. The van der Waals surface area contributed by atoms with Gasteiger partial charge in [-0.25, -0.2) is 4.98 Å². The van der Waals surface area contributed by atoms with E-state index in [1.807, 2.05) is 0 Å². The fraction of sp³-hybridized carbons (Fsp3) is 0.342. The van der Waals surface area contributed by atoms with Crippen molar-refractivity contribution in [2.75, 3.05) is 0 Å². The molecule has 0 radical (unpaired) electrons. The van der Waals surface area contributed by atoms with Crippen molar-refractivity contribution in [1.82, 2.24) is 9.55 Å². The molecule has 7 rings (SSSR count). The predicted molar refractivity (Wildman–Crippen MR) is 176 cm³/mol. The van der Waals surface area contributed by atoms with Crippen molar-refractivity contribution in [3.8, 4) is 5.69 Å². The van der Waals surface area contributed by atoms with Crippen molar-refractivity contribution in [3.05, 3.63) is 113 Å². The minimum Gasteiger partial charge on any atom is -0.297 e. The summed E-state index contributed by atoms with van der Waals surface area (Å²) in [6.07, 6.45) is 0. The summed E-state index contributed by atoms with van der Waals surface area (Å²) in [5.74, 6) is 1.31. The first-order valence-corrected chi connectivity index (χ1v) is 15.1. The van der Waals surface area contributed by atoms with Crippen molar-refractivity contribution in [1.29, 1.82) is 0 Å². The maximum atomic E-state index is 5.26. The van der Waals surface area contributed by atoms with Gasteiger partial charge in [0.25, 0.3) is 0 Å². The van der Waals surface area contributed by atoms with Crippen molar-refractivity contribution >= 4 is 34.1 Å². The summed E-state index contributed by atoms with van der Waals surface area (Å²) in [7, 11) is 0. The molecule has 2 aliphatic rings. The minimum atomic E-state index is -0.0833. The fourth-order valence-corrected chi connectivity index (χ4v) is 7.19. The summed E-state index contributed by atoms with van der Waals surface area (Å²) in [4.78, 5) is 5.26. The largest absolute Gasteiger partial charge is 0.297 e. The second-order valence-corrected chi connectivity index (χ2v) is 15.3. The van der Waals surface area contributed by atoms with E-state index in [2.05, 4.69) is 146 Å². The van der Waals surface area contributed by atoms with E-state index < -0.39 is 0 Å².